The highest BCUT2D eigenvalue weighted by atomic mass is 19.3. The molecule has 3 rings (SSSR count). The van der Waals surface area contributed by atoms with Crippen LogP contribution in [-0.2, 0) is 4.79 Å². The van der Waals surface area contributed by atoms with Gasteiger partial charge in [0, 0.05) is 32.6 Å². The van der Waals surface area contributed by atoms with Gasteiger partial charge in [-0.05, 0) is 35.8 Å². The quantitative estimate of drug-likeness (QED) is 0.501. The van der Waals surface area contributed by atoms with E-state index in [1.54, 1.807) is 24.1 Å². The lowest BCUT2D eigenvalue weighted by Crippen LogP contribution is -2.44. The van der Waals surface area contributed by atoms with Gasteiger partial charge in [0.15, 0.2) is 5.84 Å². The van der Waals surface area contributed by atoms with Crippen LogP contribution in [0.15, 0.2) is 33.9 Å². The van der Waals surface area contributed by atoms with Gasteiger partial charge < -0.3 is 24.8 Å². The molecule has 0 bridgehead atoms. The average molecular weight is 451 g/mol. The van der Waals surface area contributed by atoms with E-state index in [1.807, 2.05) is 11.9 Å². The minimum absolute atomic E-state index is 0.0796. The summed E-state index contributed by atoms with van der Waals surface area (Å²) in [5, 5.41) is 15.9. The first-order valence-electron chi connectivity index (χ1n) is 10.3. The lowest BCUT2D eigenvalue weighted by atomic mass is 10.1. The molecule has 1 aliphatic rings. The molecule has 2 N–H and O–H groups in total. The fraction of sp³-hybridized carbons (Fsp3) is 0.500. The molecule has 0 fully saturated rings. The minimum atomic E-state index is -2.87. The summed E-state index contributed by atoms with van der Waals surface area (Å²) in [6.07, 6.45) is 1.63. The summed E-state index contributed by atoms with van der Waals surface area (Å²) in [5.74, 6) is 1.41. The number of carbonyl (C=O) groups is 1. The monoisotopic (exact) mass is 451 g/mol. The number of benzene rings is 1. The number of rotatable bonds is 11. The third kappa shape index (κ3) is 6.05. The maximum absolute atomic E-state index is 12.5. The first-order valence-corrected chi connectivity index (χ1v) is 10.3. The van der Waals surface area contributed by atoms with Gasteiger partial charge in [0.05, 0.1) is 0 Å². The molecule has 0 radical (unpaired) electrons. The van der Waals surface area contributed by atoms with Crippen molar-refractivity contribution >= 4 is 17.7 Å². The molecule has 0 aliphatic carbocycles. The van der Waals surface area contributed by atoms with Crippen LogP contribution in [0.2, 0.25) is 0 Å². The van der Waals surface area contributed by atoms with E-state index in [0.29, 0.717) is 30.8 Å². The molecule has 1 unspecified atom stereocenters. The molecule has 0 spiro atoms. The van der Waals surface area contributed by atoms with E-state index in [-0.39, 0.29) is 24.4 Å². The van der Waals surface area contributed by atoms with Crippen molar-refractivity contribution in [2.24, 2.45) is 5.10 Å². The Labute approximate surface area is 184 Å². The van der Waals surface area contributed by atoms with Crippen LogP contribution in [-0.4, -0.2) is 71.3 Å². The molecular formula is C20H27F2N7O3. The summed E-state index contributed by atoms with van der Waals surface area (Å²) in [7, 11) is 1.90. The highest BCUT2D eigenvalue weighted by molar-refractivity contribution is 5.99. The van der Waals surface area contributed by atoms with Crippen LogP contribution in [0.1, 0.15) is 31.2 Å². The number of amides is 1. The van der Waals surface area contributed by atoms with E-state index >= 15 is 0 Å². The molecule has 1 aliphatic heterocycles. The SMILES string of the molecule is CCCC1N(CC(=O)NCCNc2noc(C)n2)N=C(c2ccc(OC(F)F)cc2)N1C. The molecule has 10 nitrogen and oxygen atoms in total. The van der Waals surface area contributed by atoms with Crippen molar-refractivity contribution in [2.45, 2.75) is 39.5 Å². The van der Waals surface area contributed by atoms with E-state index in [0.717, 1.165) is 18.4 Å². The molecule has 0 saturated heterocycles. The second-order valence-corrected chi connectivity index (χ2v) is 7.22. The number of aromatic nitrogens is 2. The highest BCUT2D eigenvalue weighted by Gasteiger charge is 2.32. The number of alkyl halides is 2. The molecule has 1 amide bonds. The van der Waals surface area contributed by atoms with E-state index in [4.69, 9.17) is 4.52 Å². The van der Waals surface area contributed by atoms with Crippen molar-refractivity contribution in [3.8, 4) is 5.75 Å². The van der Waals surface area contributed by atoms with Crippen LogP contribution in [0, 0.1) is 6.92 Å². The van der Waals surface area contributed by atoms with Gasteiger partial charge in [-0.3, -0.25) is 9.80 Å². The van der Waals surface area contributed by atoms with Crippen molar-refractivity contribution in [3.05, 3.63) is 35.7 Å². The largest absolute Gasteiger partial charge is 0.435 e. The number of amidine groups is 1. The van der Waals surface area contributed by atoms with Gasteiger partial charge in [-0.15, -0.1) is 0 Å². The van der Waals surface area contributed by atoms with E-state index < -0.39 is 6.61 Å². The number of halogens is 2. The lowest BCUT2D eigenvalue weighted by molar-refractivity contribution is -0.123. The Balaban J connectivity index is 1.58. The van der Waals surface area contributed by atoms with Crippen molar-refractivity contribution in [1.29, 1.82) is 0 Å². The van der Waals surface area contributed by atoms with Crippen molar-refractivity contribution in [2.75, 3.05) is 32.0 Å². The molecule has 1 atom stereocenters. The number of nitrogens with zero attached hydrogens (tertiary/aromatic N) is 5. The van der Waals surface area contributed by atoms with Crippen LogP contribution in [0.4, 0.5) is 14.7 Å². The maximum Gasteiger partial charge on any atom is 0.387 e. The summed E-state index contributed by atoms with van der Waals surface area (Å²) in [6, 6.07) is 6.29. The third-order valence-corrected chi connectivity index (χ3v) is 4.80. The number of hydrogen-bond acceptors (Lipinski definition) is 9. The van der Waals surface area contributed by atoms with E-state index in [2.05, 4.69) is 37.5 Å². The van der Waals surface area contributed by atoms with Gasteiger partial charge in [-0.1, -0.05) is 13.3 Å². The zero-order valence-corrected chi connectivity index (χ0v) is 18.2. The van der Waals surface area contributed by atoms with Crippen molar-refractivity contribution < 1.29 is 22.8 Å². The lowest BCUT2D eigenvalue weighted by Gasteiger charge is -2.28. The van der Waals surface area contributed by atoms with Gasteiger partial charge in [0.2, 0.25) is 11.8 Å². The second kappa shape index (κ2) is 10.7. The Morgan fingerprint density at radius 3 is 2.66 bits per heavy atom. The second-order valence-electron chi connectivity index (χ2n) is 7.22. The predicted molar refractivity (Wildman–Crippen MR) is 113 cm³/mol. The number of ether oxygens (including phenoxy) is 1. The highest BCUT2D eigenvalue weighted by Crippen LogP contribution is 2.24. The fourth-order valence-electron chi connectivity index (χ4n) is 3.34. The Bertz CT molecular complexity index is 920. The zero-order valence-electron chi connectivity index (χ0n) is 18.2. The smallest absolute Gasteiger partial charge is 0.387 e. The van der Waals surface area contributed by atoms with Gasteiger partial charge in [-0.25, -0.2) is 0 Å². The first-order chi connectivity index (χ1) is 15.4. The molecule has 0 saturated carbocycles. The number of hydrogen-bond donors (Lipinski definition) is 2. The molecular weight excluding hydrogens is 424 g/mol. The van der Waals surface area contributed by atoms with Gasteiger partial charge in [0.1, 0.15) is 18.5 Å². The summed E-state index contributed by atoms with van der Waals surface area (Å²) >= 11 is 0. The molecule has 174 valence electrons. The normalized spacial score (nSPS) is 15.8. The maximum atomic E-state index is 12.5. The Morgan fingerprint density at radius 2 is 2.03 bits per heavy atom. The number of aryl methyl sites for hydroxylation is 1. The summed E-state index contributed by atoms with van der Waals surface area (Å²) in [5.41, 5.74) is 0.748. The molecule has 1 aromatic heterocycles. The molecule has 12 heteroatoms. The summed E-state index contributed by atoms with van der Waals surface area (Å²) in [6.45, 7) is 1.81. The average Bonchev–Trinajstić information content (AvgIpc) is 3.30. The Hall–Kier alpha value is -3.44. The zero-order chi connectivity index (χ0) is 23.1. The molecule has 32 heavy (non-hydrogen) atoms. The fourth-order valence-corrected chi connectivity index (χ4v) is 3.34. The number of hydrazone groups is 1. The summed E-state index contributed by atoms with van der Waals surface area (Å²) in [4.78, 5) is 18.5. The molecule has 2 heterocycles. The van der Waals surface area contributed by atoms with Gasteiger partial charge >= 0.3 is 6.61 Å². The third-order valence-electron chi connectivity index (χ3n) is 4.80. The van der Waals surface area contributed by atoms with E-state index in [1.165, 1.54) is 12.1 Å². The van der Waals surface area contributed by atoms with Crippen LogP contribution in [0.3, 0.4) is 0 Å². The first kappa shape index (κ1) is 23.2. The van der Waals surface area contributed by atoms with E-state index in [9.17, 15) is 13.6 Å². The number of anilines is 1. The number of carbonyl (C=O) groups excluding carboxylic acids is 1. The summed E-state index contributed by atoms with van der Waals surface area (Å²) < 4.78 is 34.0. The van der Waals surface area contributed by atoms with Crippen molar-refractivity contribution in [1.82, 2.24) is 25.4 Å². The van der Waals surface area contributed by atoms with Gasteiger partial charge in [-0.2, -0.15) is 18.9 Å². The van der Waals surface area contributed by atoms with Gasteiger partial charge in [0.25, 0.3) is 5.95 Å². The standard InChI is InChI=1S/C20H27F2N7O3/c1-4-5-17-28(3)18(14-6-8-15(9-7-14)31-19(21)22)26-29(17)12-16(30)23-10-11-24-20-25-13(2)32-27-20/h6-9,17,19H,4-5,10-12H2,1-3H3,(H,23,30)(H,24,27). The predicted octanol–water partition coefficient (Wildman–Crippen LogP) is 2.24. The number of nitrogens with one attached hydrogen (secondary N) is 2. The minimum Gasteiger partial charge on any atom is -0.435 e. The Morgan fingerprint density at radius 1 is 1.28 bits per heavy atom. The Kier molecular flexibility index (Phi) is 7.79. The van der Waals surface area contributed by atoms with Crippen LogP contribution >= 0.6 is 0 Å². The van der Waals surface area contributed by atoms with Crippen LogP contribution in [0.5, 0.6) is 5.75 Å². The molecule has 1 aromatic carbocycles. The topological polar surface area (TPSA) is 108 Å². The van der Waals surface area contributed by atoms with Crippen molar-refractivity contribution in [3.63, 3.8) is 0 Å². The van der Waals surface area contributed by atoms with Crippen LogP contribution < -0.4 is 15.4 Å². The molecule has 2 aromatic rings. The van der Waals surface area contributed by atoms with Crippen LogP contribution in [0.25, 0.3) is 0 Å².